The van der Waals surface area contributed by atoms with Gasteiger partial charge in [0.05, 0.1) is 10.0 Å². The summed E-state index contributed by atoms with van der Waals surface area (Å²) in [5.74, 6) is -1.70. The number of sulfonamides is 1. The second-order valence-electron chi connectivity index (χ2n) is 6.82. The van der Waals surface area contributed by atoms with E-state index in [0.29, 0.717) is 5.56 Å². The molecule has 1 aliphatic heterocycles. The van der Waals surface area contributed by atoms with Gasteiger partial charge in [-0.2, -0.15) is 8.42 Å². The predicted molar refractivity (Wildman–Crippen MR) is 116 cm³/mol. The van der Waals surface area contributed by atoms with Crippen molar-refractivity contribution in [2.24, 2.45) is 4.40 Å². The zero-order chi connectivity index (χ0) is 23.1. The third-order valence-electron chi connectivity index (χ3n) is 4.31. The van der Waals surface area contributed by atoms with Crippen molar-refractivity contribution in [3.63, 3.8) is 0 Å². The summed E-state index contributed by atoms with van der Waals surface area (Å²) in [5.41, 5.74) is 0.361. The number of rotatable bonds is 6. The number of fused-ring (bicyclic) bond motifs is 1. The van der Waals surface area contributed by atoms with E-state index in [0.717, 1.165) is 12.4 Å². The highest BCUT2D eigenvalue weighted by Crippen LogP contribution is 2.43. The number of carboxylic acids is 1. The Morgan fingerprint density at radius 3 is 2.48 bits per heavy atom. The Balaban J connectivity index is 2.05. The number of benzene rings is 2. The lowest BCUT2D eigenvalue weighted by molar-refractivity contribution is -0.144. The molecule has 8 nitrogen and oxygen atoms in total. The largest absolute Gasteiger partial charge is 0.478 e. The number of hydrogen-bond donors (Lipinski definition) is 1. The zero-order valence-electron chi connectivity index (χ0n) is 16.1. The van der Waals surface area contributed by atoms with Gasteiger partial charge in [0.1, 0.15) is 22.0 Å². The van der Waals surface area contributed by atoms with Gasteiger partial charge in [0.25, 0.3) is 10.0 Å². The Labute approximate surface area is 193 Å². The molecule has 0 spiro atoms. The molecule has 2 aromatic carbocycles. The van der Waals surface area contributed by atoms with E-state index in [1.807, 2.05) is 0 Å². The van der Waals surface area contributed by atoms with E-state index >= 15 is 0 Å². The lowest BCUT2D eigenvalue weighted by Gasteiger charge is -2.11. The molecule has 0 aromatic heterocycles. The van der Waals surface area contributed by atoms with Crippen molar-refractivity contribution in [3.8, 4) is 5.75 Å². The van der Waals surface area contributed by atoms with Crippen LogP contribution in [0.4, 0.5) is 0 Å². The number of ketones is 1. The molecule has 1 atom stereocenters. The minimum absolute atomic E-state index is 0.00132. The van der Waals surface area contributed by atoms with Gasteiger partial charge in [-0.05, 0) is 24.3 Å². The monoisotopic (exact) mass is 504 g/mol. The van der Waals surface area contributed by atoms with Gasteiger partial charge in [-0.25, -0.2) is 4.79 Å². The number of nitrogens with zero attached hydrogens (tertiary/aromatic N) is 2. The van der Waals surface area contributed by atoms with Gasteiger partial charge in [-0.15, -0.1) is 4.40 Å². The highest BCUT2D eigenvalue weighted by Gasteiger charge is 2.33. The van der Waals surface area contributed by atoms with Crippen molar-refractivity contribution in [1.82, 2.24) is 4.90 Å². The van der Waals surface area contributed by atoms with Crippen LogP contribution in [-0.4, -0.2) is 56.7 Å². The topological polar surface area (TPSA) is 113 Å². The SMILES string of the molecule is CN(C)C=NS(=O)(=O)c1cc(C(=O)c2cc3c(c(Cl)c2Cl)OC(C(=O)O)C3)ccc1Cl. The van der Waals surface area contributed by atoms with Gasteiger partial charge in [-0.1, -0.05) is 34.8 Å². The number of carbonyl (C=O) groups excluding carboxylic acids is 1. The Bertz CT molecular complexity index is 1230. The van der Waals surface area contributed by atoms with Gasteiger partial charge in [-0.3, -0.25) is 4.79 Å². The van der Waals surface area contributed by atoms with Crippen LogP contribution in [0.5, 0.6) is 5.75 Å². The van der Waals surface area contributed by atoms with E-state index in [4.69, 9.17) is 44.6 Å². The predicted octanol–water partition coefficient (Wildman–Crippen LogP) is 3.54. The molecule has 31 heavy (non-hydrogen) atoms. The fourth-order valence-corrected chi connectivity index (χ4v) is 4.76. The van der Waals surface area contributed by atoms with Crippen LogP contribution >= 0.6 is 34.8 Å². The minimum atomic E-state index is -4.17. The summed E-state index contributed by atoms with van der Waals surface area (Å²) in [4.78, 5) is 25.4. The molecule has 164 valence electrons. The molecule has 1 N–H and O–H groups in total. The summed E-state index contributed by atoms with van der Waals surface area (Å²) in [6, 6.07) is 5.09. The van der Waals surface area contributed by atoms with Gasteiger partial charge in [0.2, 0.25) is 0 Å². The number of ether oxygens (including phenoxy) is 1. The molecular formula is C19H15Cl3N2O6S. The van der Waals surface area contributed by atoms with Crippen LogP contribution in [0.15, 0.2) is 33.6 Å². The van der Waals surface area contributed by atoms with Crippen LogP contribution in [-0.2, 0) is 21.2 Å². The lowest BCUT2D eigenvalue weighted by atomic mass is 9.99. The van der Waals surface area contributed by atoms with Crippen molar-refractivity contribution in [2.75, 3.05) is 14.1 Å². The average molecular weight is 506 g/mol. The molecule has 2 aromatic rings. The smallest absolute Gasteiger partial charge is 0.345 e. The number of aliphatic carboxylic acids is 1. The molecule has 1 aliphatic rings. The van der Waals surface area contributed by atoms with Crippen LogP contribution in [0.25, 0.3) is 0 Å². The molecule has 0 radical (unpaired) electrons. The fourth-order valence-electron chi connectivity index (χ4n) is 2.84. The molecule has 1 unspecified atom stereocenters. The second-order valence-corrected chi connectivity index (χ2v) is 9.59. The standard InChI is InChI=1S/C19H15Cl3N2O6S/c1-24(2)8-23-31(28,29)14-7-9(3-4-12(14)20)17(25)11-5-10-6-13(19(26)27)30-18(10)16(22)15(11)21/h3-5,7-8,13H,6H2,1-2H3,(H,26,27). The highest BCUT2D eigenvalue weighted by molar-refractivity contribution is 7.90. The lowest BCUT2D eigenvalue weighted by Crippen LogP contribution is -2.24. The number of carbonyl (C=O) groups is 2. The molecule has 0 amide bonds. The molecular weight excluding hydrogens is 491 g/mol. The molecule has 12 heteroatoms. The molecule has 0 fully saturated rings. The van der Waals surface area contributed by atoms with Crippen LogP contribution in [0.3, 0.4) is 0 Å². The van der Waals surface area contributed by atoms with E-state index in [2.05, 4.69) is 4.40 Å². The van der Waals surface area contributed by atoms with Gasteiger partial charge in [0, 0.05) is 37.2 Å². The van der Waals surface area contributed by atoms with Crippen LogP contribution < -0.4 is 4.74 Å². The van der Waals surface area contributed by atoms with Crippen molar-refractivity contribution in [1.29, 1.82) is 0 Å². The Morgan fingerprint density at radius 2 is 1.87 bits per heavy atom. The highest BCUT2D eigenvalue weighted by atomic mass is 35.5. The summed E-state index contributed by atoms with van der Waals surface area (Å²) in [5, 5.41) is 8.82. The number of halogens is 3. The number of hydrogen-bond acceptors (Lipinski definition) is 5. The normalized spacial score (nSPS) is 15.6. The molecule has 3 rings (SSSR count). The summed E-state index contributed by atoms with van der Waals surface area (Å²) in [6.45, 7) is 0. The van der Waals surface area contributed by atoms with Crippen molar-refractivity contribution < 1.29 is 27.9 Å². The minimum Gasteiger partial charge on any atom is -0.478 e. The third kappa shape index (κ3) is 4.64. The first kappa shape index (κ1) is 23.3. The van der Waals surface area contributed by atoms with E-state index in [1.54, 1.807) is 14.1 Å². The second kappa shape index (κ2) is 8.66. The molecule has 0 bridgehead atoms. The van der Waals surface area contributed by atoms with E-state index in [-0.39, 0.29) is 43.3 Å². The van der Waals surface area contributed by atoms with E-state index in [1.165, 1.54) is 23.1 Å². The maximum Gasteiger partial charge on any atom is 0.345 e. The first-order valence-electron chi connectivity index (χ1n) is 8.64. The van der Waals surface area contributed by atoms with Crippen molar-refractivity contribution in [3.05, 3.63) is 56.0 Å². The quantitative estimate of drug-likeness (QED) is 0.363. The first-order chi connectivity index (χ1) is 14.4. The summed E-state index contributed by atoms with van der Waals surface area (Å²) in [6.07, 6.45) is -0.0481. The average Bonchev–Trinajstić information content (AvgIpc) is 3.14. The maximum atomic E-state index is 13.1. The summed E-state index contributed by atoms with van der Waals surface area (Å²) < 4.78 is 33.8. The van der Waals surface area contributed by atoms with E-state index < -0.39 is 27.9 Å². The summed E-state index contributed by atoms with van der Waals surface area (Å²) in [7, 11) is -0.978. The van der Waals surface area contributed by atoms with Crippen LogP contribution in [0.2, 0.25) is 15.1 Å². The molecule has 1 heterocycles. The van der Waals surface area contributed by atoms with Gasteiger partial charge in [0.15, 0.2) is 11.9 Å². The first-order valence-corrected chi connectivity index (χ1v) is 11.2. The third-order valence-corrected chi connectivity index (χ3v) is 6.87. The molecule has 0 saturated carbocycles. The van der Waals surface area contributed by atoms with Crippen molar-refractivity contribution >= 4 is 62.9 Å². The van der Waals surface area contributed by atoms with Gasteiger partial charge >= 0.3 is 5.97 Å². The Morgan fingerprint density at radius 1 is 1.19 bits per heavy atom. The van der Waals surface area contributed by atoms with Crippen molar-refractivity contribution in [2.45, 2.75) is 17.4 Å². The maximum absolute atomic E-state index is 13.1. The number of carboxylic acid groups (broad SMARTS) is 1. The van der Waals surface area contributed by atoms with Crippen LogP contribution in [0, 0.1) is 0 Å². The Kier molecular flexibility index (Phi) is 6.52. The molecule has 0 aliphatic carbocycles. The fraction of sp³-hybridized carbons (Fsp3) is 0.211. The van der Waals surface area contributed by atoms with E-state index in [9.17, 15) is 18.0 Å². The molecule has 0 saturated heterocycles. The summed E-state index contributed by atoms with van der Waals surface area (Å²) >= 11 is 18.5. The van der Waals surface area contributed by atoms with Gasteiger partial charge < -0.3 is 14.7 Å². The Hall–Kier alpha value is -2.33. The zero-order valence-corrected chi connectivity index (χ0v) is 19.2. The van der Waals surface area contributed by atoms with Crippen LogP contribution in [0.1, 0.15) is 21.5 Å².